The number of carbonyl (C=O) groups excluding carboxylic acids is 1. The third-order valence-corrected chi connectivity index (χ3v) is 5.05. The Kier molecular flexibility index (Phi) is 5.70. The topological polar surface area (TPSA) is 88.8 Å². The van der Waals surface area contributed by atoms with E-state index in [1.54, 1.807) is 6.07 Å². The molecule has 144 valence electrons. The number of nitro groups is 1. The van der Waals surface area contributed by atoms with Gasteiger partial charge in [0.15, 0.2) is 6.54 Å². The van der Waals surface area contributed by atoms with Crippen molar-refractivity contribution in [3.05, 3.63) is 81.4 Å². The quantitative estimate of drug-likeness (QED) is 0.507. The van der Waals surface area contributed by atoms with Crippen molar-refractivity contribution in [1.82, 2.24) is 0 Å². The lowest BCUT2D eigenvalue weighted by atomic mass is 10.00. The third-order valence-electron chi connectivity index (χ3n) is 5.05. The maximum Gasteiger partial charge on any atom is 0.293 e. The van der Waals surface area contributed by atoms with E-state index < -0.39 is 4.92 Å². The molecule has 0 spiro atoms. The van der Waals surface area contributed by atoms with Crippen LogP contribution in [0.25, 0.3) is 10.8 Å². The van der Waals surface area contributed by atoms with Crippen LogP contribution in [0.1, 0.15) is 29.7 Å². The Morgan fingerprint density at radius 3 is 2.54 bits per heavy atom. The van der Waals surface area contributed by atoms with Gasteiger partial charge in [0.2, 0.25) is 0 Å². The number of carbonyl (C=O) groups is 1. The van der Waals surface area contributed by atoms with Crippen molar-refractivity contribution in [3.8, 4) is 0 Å². The van der Waals surface area contributed by atoms with E-state index >= 15 is 0 Å². The molecule has 0 fully saturated rings. The number of hydrogen-bond donors (Lipinski definition) is 2. The van der Waals surface area contributed by atoms with E-state index in [2.05, 4.69) is 29.6 Å². The highest BCUT2D eigenvalue weighted by Crippen LogP contribution is 2.28. The molecule has 0 aliphatic carbocycles. The molecule has 6 nitrogen and oxygen atoms in total. The van der Waals surface area contributed by atoms with E-state index in [9.17, 15) is 14.9 Å². The number of rotatable bonds is 6. The Morgan fingerprint density at radius 1 is 1.11 bits per heavy atom. The van der Waals surface area contributed by atoms with Gasteiger partial charge in [-0.1, -0.05) is 42.5 Å². The molecule has 0 aliphatic rings. The fourth-order valence-electron chi connectivity index (χ4n) is 3.31. The molecule has 6 heteroatoms. The summed E-state index contributed by atoms with van der Waals surface area (Å²) in [6.45, 7) is 5.90. The highest BCUT2D eigenvalue weighted by atomic mass is 16.6. The van der Waals surface area contributed by atoms with Crippen molar-refractivity contribution in [2.24, 2.45) is 0 Å². The average Bonchev–Trinajstić information content (AvgIpc) is 2.68. The zero-order chi connectivity index (χ0) is 20.3. The van der Waals surface area contributed by atoms with Crippen molar-refractivity contribution in [2.75, 3.05) is 11.9 Å². The molecule has 1 atom stereocenters. The Labute approximate surface area is 163 Å². The Morgan fingerprint density at radius 2 is 1.79 bits per heavy atom. The minimum Gasteiger partial charge on any atom is -0.332 e. The number of nitrogens with zero attached hydrogens (tertiary/aromatic N) is 1. The van der Waals surface area contributed by atoms with Gasteiger partial charge in [0.25, 0.3) is 11.6 Å². The third kappa shape index (κ3) is 4.18. The van der Waals surface area contributed by atoms with Crippen LogP contribution in [0.15, 0.2) is 54.6 Å². The molecule has 0 bridgehead atoms. The van der Waals surface area contributed by atoms with Gasteiger partial charge in [-0.15, -0.1) is 0 Å². The van der Waals surface area contributed by atoms with Gasteiger partial charge in [-0.05, 0) is 48.7 Å². The molecule has 0 unspecified atom stereocenters. The summed E-state index contributed by atoms with van der Waals surface area (Å²) in [5.74, 6) is -0.265. The second kappa shape index (κ2) is 8.19. The van der Waals surface area contributed by atoms with E-state index in [0.29, 0.717) is 0 Å². The van der Waals surface area contributed by atoms with Crippen LogP contribution >= 0.6 is 0 Å². The number of nitro benzene ring substituents is 1. The number of benzene rings is 3. The zero-order valence-corrected chi connectivity index (χ0v) is 16.2. The SMILES string of the molecule is Cc1cc(NC(=O)C[NH2+][C@H](C)c2cccc3ccccc23)c([N+](=O)[O-])cc1C. The average molecular weight is 378 g/mol. The van der Waals surface area contributed by atoms with Crippen LogP contribution in [0.5, 0.6) is 0 Å². The van der Waals surface area contributed by atoms with Crippen LogP contribution in [-0.2, 0) is 4.79 Å². The van der Waals surface area contributed by atoms with E-state index in [0.717, 1.165) is 22.1 Å². The highest BCUT2D eigenvalue weighted by Gasteiger charge is 2.19. The molecule has 0 aromatic heterocycles. The predicted molar refractivity (Wildman–Crippen MR) is 110 cm³/mol. The van der Waals surface area contributed by atoms with Gasteiger partial charge >= 0.3 is 0 Å². The minimum absolute atomic E-state index is 0.0755. The Balaban J connectivity index is 1.71. The summed E-state index contributed by atoms with van der Waals surface area (Å²) in [7, 11) is 0. The second-order valence-electron chi connectivity index (χ2n) is 7.06. The molecule has 0 saturated heterocycles. The number of amides is 1. The number of hydrogen-bond acceptors (Lipinski definition) is 3. The van der Waals surface area contributed by atoms with Crippen LogP contribution in [0.4, 0.5) is 11.4 Å². The molecule has 28 heavy (non-hydrogen) atoms. The van der Waals surface area contributed by atoms with Gasteiger partial charge < -0.3 is 10.6 Å². The molecule has 0 saturated carbocycles. The number of aryl methyl sites for hydroxylation is 2. The maximum atomic E-state index is 12.4. The smallest absolute Gasteiger partial charge is 0.293 e. The van der Waals surface area contributed by atoms with Crippen LogP contribution in [-0.4, -0.2) is 17.4 Å². The summed E-state index contributed by atoms with van der Waals surface area (Å²) < 4.78 is 0. The van der Waals surface area contributed by atoms with Gasteiger partial charge in [-0.2, -0.15) is 0 Å². The molecular weight excluding hydrogens is 354 g/mol. The highest BCUT2D eigenvalue weighted by molar-refractivity contribution is 5.94. The van der Waals surface area contributed by atoms with E-state index in [1.807, 2.05) is 44.3 Å². The van der Waals surface area contributed by atoms with Crippen LogP contribution in [0.3, 0.4) is 0 Å². The van der Waals surface area contributed by atoms with Gasteiger partial charge in [-0.3, -0.25) is 14.9 Å². The first-order valence-corrected chi connectivity index (χ1v) is 9.23. The molecule has 3 aromatic rings. The lowest BCUT2D eigenvalue weighted by molar-refractivity contribution is -0.682. The lowest BCUT2D eigenvalue weighted by Crippen LogP contribution is -2.86. The van der Waals surface area contributed by atoms with Crippen LogP contribution in [0, 0.1) is 24.0 Å². The molecule has 1 amide bonds. The van der Waals surface area contributed by atoms with E-state index in [4.69, 9.17) is 0 Å². The fourth-order valence-corrected chi connectivity index (χ4v) is 3.31. The maximum absolute atomic E-state index is 12.4. The van der Waals surface area contributed by atoms with Gasteiger partial charge in [0.05, 0.1) is 4.92 Å². The summed E-state index contributed by atoms with van der Waals surface area (Å²) in [4.78, 5) is 23.2. The van der Waals surface area contributed by atoms with E-state index in [1.165, 1.54) is 11.5 Å². The summed E-state index contributed by atoms with van der Waals surface area (Å²) in [5.41, 5.74) is 3.03. The first-order valence-electron chi connectivity index (χ1n) is 9.23. The Bertz CT molecular complexity index is 1040. The lowest BCUT2D eigenvalue weighted by Gasteiger charge is -2.14. The van der Waals surface area contributed by atoms with Gasteiger partial charge in [0, 0.05) is 11.6 Å². The zero-order valence-electron chi connectivity index (χ0n) is 16.2. The Hall–Kier alpha value is -3.25. The first-order chi connectivity index (χ1) is 13.4. The number of nitrogens with one attached hydrogen (secondary N) is 1. The normalized spacial score (nSPS) is 12.0. The number of quaternary nitrogens is 1. The molecular formula is C22H24N3O3+. The van der Waals surface area contributed by atoms with Crippen LogP contribution < -0.4 is 10.6 Å². The summed E-state index contributed by atoms with van der Waals surface area (Å²) in [5, 5.41) is 18.2. The molecule has 0 aliphatic heterocycles. The number of nitrogens with two attached hydrogens (primary N) is 1. The molecule has 3 N–H and O–H groups in total. The molecule has 3 aromatic carbocycles. The van der Waals surface area contributed by atoms with Crippen molar-refractivity contribution < 1.29 is 15.0 Å². The van der Waals surface area contributed by atoms with Gasteiger partial charge in [-0.25, -0.2) is 0 Å². The van der Waals surface area contributed by atoms with Crippen LogP contribution in [0.2, 0.25) is 0 Å². The standard InChI is InChI=1S/C22H23N3O3/c1-14-11-20(21(25(27)28)12-15(14)2)24-22(26)13-23-16(3)18-10-6-8-17-7-4-5-9-19(17)18/h4-12,16,23H,13H2,1-3H3,(H,24,26)/p+1/t16-/m1/s1. The number of anilines is 1. The van der Waals surface area contributed by atoms with Crippen molar-refractivity contribution in [3.63, 3.8) is 0 Å². The predicted octanol–water partition coefficient (Wildman–Crippen LogP) is 3.63. The van der Waals surface area contributed by atoms with Crippen molar-refractivity contribution >= 4 is 28.1 Å². The molecule has 0 radical (unpaired) electrons. The second-order valence-corrected chi connectivity index (χ2v) is 7.06. The summed E-state index contributed by atoms with van der Waals surface area (Å²) >= 11 is 0. The molecule has 0 heterocycles. The minimum atomic E-state index is -0.468. The molecule has 3 rings (SSSR count). The fraction of sp³-hybridized carbons (Fsp3) is 0.227. The summed E-state index contributed by atoms with van der Waals surface area (Å²) in [6.07, 6.45) is 0. The van der Waals surface area contributed by atoms with E-state index in [-0.39, 0.29) is 29.9 Å². The van der Waals surface area contributed by atoms with Crippen molar-refractivity contribution in [1.29, 1.82) is 0 Å². The monoisotopic (exact) mass is 378 g/mol. The van der Waals surface area contributed by atoms with Gasteiger partial charge in [0.1, 0.15) is 11.7 Å². The summed E-state index contributed by atoms with van der Waals surface area (Å²) in [6, 6.07) is 17.5. The first kappa shape index (κ1) is 19.5. The largest absolute Gasteiger partial charge is 0.332 e. The number of fused-ring (bicyclic) bond motifs is 1. The van der Waals surface area contributed by atoms with Crippen molar-refractivity contribution in [2.45, 2.75) is 26.8 Å².